The Morgan fingerprint density at radius 2 is 1.76 bits per heavy atom. The van der Waals surface area contributed by atoms with Crippen molar-refractivity contribution in [1.29, 1.82) is 0 Å². The summed E-state index contributed by atoms with van der Waals surface area (Å²) in [6, 6.07) is 7.19. The Morgan fingerprint density at radius 1 is 0.971 bits per heavy atom. The molecule has 2 heteroatoms. The first-order valence-corrected chi connectivity index (χ1v) is 13.8. The summed E-state index contributed by atoms with van der Waals surface area (Å²) in [7, 11) is 0. The zero-order valence-corrected chi connectivity index (χ0v) is 20.7. The van der Waals surface area contributed by atoms with Crippen LogP contribution in [0.3, 0.4) is 0 Å². The van der Waals surface area contributed by atoms with Gasteiger partial charge in [0.05, 0.1) is 5.54 Å². The minimum Gasteiger partial charge on any atom is -0.376 e. The molecule has 178 valence electrons. The van der Waals surface area contributed by atoms with Crippen LogP contribution in [0.5, 0.6) is 0 Å². The third-order valence-corrected chi connectivity index (χ3v) is 9.28. The lowest BCUT2D eigenvalue weighted by Crippen LogP contribution is -2.38. The van der Waals surface area contributed by atoms with Crippen LogP contribution in [0.1, 0.15) is 99.3 Å². The lowest BCUT2D eigenvalue weighted by molar-refractivity contribution is 0.438. The highest BCUT2D eigenvalue weighted by Crippen LogP contribution is 2.47. The minimum absolute atomic E-state index is 0.0157. The molecular formula is C32H40N2. The second-order valence-corrected chi connectivity index (χ2v) is 11.3. The summed E-state index contributed by atoms with van der Waals surface area (Å²) in [6.07, 6.45) is 25.9. The van der Waals surface area contributed by atoms with Crippen LogP contribution in [-0.4, -0.2) is 10.1 Å². The quantitative estimate of drug-likeness (QED) is 0.451. The molecule has 1 aromatic carbocycles. The molecule has 0 saturated heterocycles. The van der Waals surface area contributed by atoms with Gasteiger partial charge >= 0.3 is 0 Å². The Bertz CT molecular complexity index is 1150. The summed E-state index contributed by atoms with van der Waals surface area (Å²) < 4.78 is 2.71. The van der Waals surface area contributed by atoms with Crippen LogP contribution in [0.15, 0.2) is 61.7 Å². The average Bonchev–Trinajstić information content (AvgIpc) is 3.42. The van der Waals surface area contributed by atoms with Gasteiger partial charge in [-0.2, -0.15) is 0 Å². The van der Waals surface area contributed by atoms with E-state index in [1.165, 1.54) is 74.3 Å². The first kappa shape index (κ1) is 22.0. The van der Waals surface area contributed by atoms with Gasteiger partial charge in [0.1, 0.15) is 0 Å². The van der Waals surface area contributed by atoms with Crippen molar-refractivity contribution in [2.45, 2.75) is 94.5 Å². The molecule has 2 aromatic rings. The number of allylic oxidation sites excluding steroid dienone is 4. The van der Waals surface area contributed by atoms with E-state index >= 15 is 0 Å². The second kappa shape index (κ2) is 8.95. The molecule has 0 spiro atoms. The Balaban J connectivity index is 1.46. The largest absolute Gasteiger partial charge is 0.376 e. The Kier molecular flexibility index (Phi) is 5.79. The predicted molar refractivity (Wildman–Crippen MR) is 145 cm³/mol. The van der Waals surface area contributed by atoms with E-state index in [0.717, 1.165) is 25.1 Å². The molecule has 0 bridgehead atoms. The maximum absolute atomic E-state index is 4.49. The van der Waals surface area contributed by atoms with E-state index in [1.54, 1.807) is 11.3 Å². The SMILES string of the molecule is C=CC1(NC(=C)c2ccc3c(C4CCCCC4)c4n(c3c2)CCCC2C=CC=CC42)CCCC1. The maximum atomic E-state index is 4.49. The van der Waals surface area contributed by atoms with Gasteiger partial charge < -0.3 is 9.88 Å². The summed E-state index contributed by atoms with van der Waals surface area (Å²) in [6.45, 7) is 9.78. The molecule has 0 amide bonds. The molecule has 2 atom stereocenters. The van der Waals surface area contributed by atoms with Gasteiger partial charge in [0.25, 0.3) is 0 Å². The fraction of sp³-hybridized carbons (Fsp3) is 0.500. The number of fused-ring (bicyclic) bond motifs is 5. The molecular weight excluding hydrogens is 412 g/mol. The average molecular weight is 453 g/mol. The van der Waals surface area contributed by atoms with Gasteiger partial charge in [-0.05, 0) is 67.6 Å². The molecule has 6 rings (SSSR count). The fourth-order valence-corrected chi connectivity index (χ4v) is 7.47. The molecule has 1 aromatic heterocycles. The number of hydrogen-bond donors (Lipinski definition) is 1. The Labute approximate surface area is 205 Å². The van der Waals surface area contributed by atoms with Crippen LogP contribution in [0.4, 0.5) is 0 Å². The van der Waals surface area contributed by atoms with Gasteiger partial charge in [0, 0.05) is 34.8 Å². The van der Waals surface area contributed by atoms with E-state index in [1.807, 2.05) is 0 Å². The third kappa shape index (κ3) is 3.70. The second-order valence-electron chi connectivity index (χ2n) is 11.3. The standard InChI is InChI=1S/C32H40N2/c1-3-32(19-9-10-20-32)33-23(2)26-17-18-28-29(22-26)34-21-11-15-24-12-7-8-16-27(24)31(34)30(28)25-13-5-4-6-14-25/h3,7-8,12,16-18,22,24-25,27,33H,1-2,4-6,9-11,13-15,19-21H2. The molecule has 4 aliphatic rings. The maximum Gasteiger partial charge on any atom is 0.0553 e. The summed E-state index contributed by atoms with van der Waals surface area (Å²) in [5.41, 5.74) is 7.02. The molecule has 2 unspecified atom stereocenters. The number of hydrogen-bond acceptors (Lipinski definition) is 1. The highest BCUT2D eigenvalue weighted by Gasteiger charge is 2.34. The Morgan fingerprint density at radius 3 is 2.56 bits per heavy atom. The minimum atomic E-state index is 0.0157. The lowest BCUT2D eigenvalue weighted by atomic mass is 9.77. The third-order valence-electron chi connectivity index (χ3n) is 9.28. The molecule has 2 fully saturated rings. The number of nitrogens with zero attached hydrogens (tertiary/aromatic N) is 1. The van der Waals surface area contributed by atoms with Crippen molar-refractivity contribution in [2.75, 3.05) is 0 Å². The van der Waals surface area contributed by atoms with Crippen LogP contribution in [0.2, 0.25) is 0 Å². The van der Waals surface area contributed by atoms with E-state index in [0.29, 0.717) is 17.8 Å². The number of nitrogens with one attached hydrogen (secondary N) is 1. The van der Waals surface area contributed by atoms with E-state index in [2.05, 4.69) is 71.6 Å². The van der Waals surface area contributed by atoms with Crippen molar-refractivity contribution in [3.05, 3.63) is 78.6 Å². The first-order chi connectivity index (χ1) is 16.7. The molecule has 2 heterocycles. The lowest BCUT2D eigenvalue weighted by Gasteiger charge is -2.29. The van der Waals surface area contributed by atoms with Crippen molar-refractivity contribution in [1.82, 2.24) is 9.88 Å². The molecule has 0 radical (unpaired) electrons. The monoisotopic (exact) mass is 452 g/mol. The highest BCUT2D eigenvalue weighted by atomic mass is 15.0. The first-order valence-electron chi connectivity index (χ1n) is 13.8. The van der Waals surface area contributed by atoms with Crippen molar-refractivity contribution in [2.24, 2.45) is 5.92 Å². The van der Waals surface area contributed by atoms with Crippen LogP contribution in [0, 0.1) is 5.92 Å². The van der Waals surface area contributed by atoms with Gasteiger partial charge in [0.2, 0.25) is 0 Å². The van der Waals surface area contributed by atoms with Crippen LogP contribution in [-0.2, 0) is 6.54 Å². The number of benzene rings is 1. The van der Waals surface area contributed by atoms with Crippen molar-refractivity contribution in [3.63, 3.8) is 0 Å². The molecule has 2 nitrogen and oxygen atoms in total. The predicted octanol–water partition coefficient (Wildman–Crippen LogP) is 8.37. The highest BCUT2D eigenvalue weighted by molar-refractivity contribution is 5.89. The zero-order valence-electron chi connectivity index (χ0n) is 20.7. The topological polar surface area (TPSA) is 17.0 Å². The van der Waals surface area contributed by atoms with Gasteiger partial charge in [0.15, 0.2) is 0 Å². The summed E-state index contributed by atoms with van der Waals surface area (Å²) in [5, 5.41) is 5.29. The normalized spacial score (nSPS) is 26.1. The van der Waals surface area contributed by atoms with Crippen molar-refractivity contribution in [3.8, 4) is 0 Å². The zero-order chi connectivity index (χ0) is 23.1. The molecule has 1 N–H and O–H groups in total. The molecule has 3 aliphatic carbocycles. The van der Waals surface area contributed by atoms with E-state index in [-0.39, 0.29) is 5.54 Å². The summed E-state index contributed by atoms with van der Waals surface area (Å²) >= 11 is 0. The number of rotatable bonds is 5. The molecule has 2 saturated carbocycles. The fourth-order valence-electron chi connectivity index (χ4n) is 7.47. The van der Waals surface area contributed by atoms with Gasteiger partial charge in [-0.25, -0.2) is 0 Å². The molecule has 1 aliphatic heterocycles. The summed E-state index contributed by atoms with van der Waals surface area (Å²) in [4.78, 5) is 0. The van der Waals surface area contributed by atoms with Gasteiger partial charge in [-0.15, -0.1) is 6.58 Å². The number of aryl methyl sites for hydroxylation is 1. The summed E-state index contributed by atoms with van der Waals surface area (Å²) in [5.74, 6) is 1.87. The smallest absolute Gasteiger partial charge is 0.0553 e. The van der Waals surface area contributed by atoms with E-state index in [4.69, 9.17) is 0 Å². The van der Waals surface area contributed by atoms with Crippen LogP contribution in [0.25, 0.3) is 16.6 Å². The number of aromatic nitrogens is 1. The Hall–Kier alpha value is -2.48. The van der Waals surface area contributed by atoms with Crippen LogP contribution >= 0.6 is 0 Å². The van der Waals surface area contributed by atoms with E-state index in [9.17, 15) is 0 Å². The van der Waals surface area contributed by atoms with Crippen molar-refractivity contribution >= 4 is 16.6 Å². The van der Waals surface area contributed by atoms with Gasteiger partial charge in [-0.3, -0.25) is 0 Å². The van der Waals surface area contributed by atoms with E-state index < -0.39 is 0 Å². The van der Waals surface area contributed by atoms with Crippen molar-refractivity contribution < 1.29 is 0 Å². The van der Waals surface area contributed by atoms with Crippen LogP contribution < -0.4 is 5.32 Å². The van der Waals surface area contributed by atoms with Gasteiger partial charge in [-0.1, -0.05) is 81.2 Å². The molecule has 34 heavy (non-hydrogen) atoms.